The van der Waals surface area contributed by atoms with Crippen molar-refractivity contribution in [1.29, 1.82) is 0 Å². The van der Waals surface area contributed by atoms with E-state index in [4.69, 9.17) is 5.73 Å². The SMILES string of the molecule is CC(C)C[C@H](NC(=O)[C@@H](NC(=O)[C@@H](N)CNC(=O)c1nn[nH]n1)C(C)C)C(=O)N[C@@H](Cc1ccccc1)[C@@H](O)C(=O)Nc1cc([N+](=O)[O-])cc([N+](=O)[O-])c1. The zero-order valence-electron chi connectivity index (χ0n) is 29.7. The Labute approximate surface area is 307 Å². The number of benzene rings is 2. The topological polar surface area (TPSA) is 332 Å². The Morgan fingerprint density at radius 2 is 1.50 bits per heavy atom. The van der Waals surface area contributed by atoms with Gasteiger partial charge in [0.15, 0.2) is 6.10 Å². The van der Waals surface area contributed by atoms with Crippen LogP contribution in [0.1, 0.15) is 50.3 Å². The molecule has 290 valence electrons. The van der Waals surface area contributed by atoms with Gasteiger partial charge < -0.3 is 37.4 Å². The van der Waals surface area contributed by atoms with Crippen molar-refractivity contribution in [3.05, 3.63) is 80.1 Å². The van der Waals surface area contributed by atoms with Gasteiger partial charge in [-0.15, -0.1) is 10.2 Å². The molecule has 22 heteroatoms. The quantitative estimate of drug-likeness (QED) is 0.0564. The van der Waals surface area contributed by atoms with Gasteiger partial charge in [-0.1, -0.05) is 58.0 Å². The third-order valence-electron chi connectivity index (χ3n) is 7.82. The molecule has 54 heavy (non-hydrogen) atoms. The summed E-state index contributed by atoms with van der Waals surface area (Å²) in [6, 6.07) is 5.89. The first-order chi connectivity index (χ1) is 25.5. The molecule has 5 atom stereocenters. The Bertz CT molecular complexity index is 1770. The summed E-state index contributed by atoms with van der Waals surface area (Å²) in [5, 5.41) is 58.8. The molecular weight excluding hydrogens is 712 g/mol. The van der Waals surface area contributed by atoms with Crippen molar-refractivity contribution in [2.24, 2.45) is 17.6 Å². The van der Waals surface area contributed by atoms with Crippen LogP contribution in [0.15, 0.2) is 48.5 Å². The summed E-state index contributed by atoms with van der Waals surface area (Å²) >= 11 is 0. The predicted molar refractivity (Wildman–Crippen MR) is 189 cm³/mol. The van der Waals surface area contributed by atoms with Crippen molar-refractivity contribution >= 4 is 46.6 Å². The summed E-state index contributed by atoms with van der Waals surface area (Å²) in [5.41, 5.74) is 4.83. The Balaban J connectivity index is 1.78. The molecule has 3 aromatic rings. The van der Waals surface area contributed by atoms with E-state index in [1.807, 2.05) is 0 Å². The molecule has 0 radical (unpaired) electrons. The molecule has 1 heterocycles. The number of aromatic amines is 1. The molecule has 0 saturated heterocycles. The summed E-state index contributed by atoms with van der Waals surface area (Å²) in [4.78, 5) is 86.6. The van der Waals surface area contributed by atoms with Crippen LogP contribution >= 0.6 is 0 Å². The number of nitrogens with two attached hydrogens (primary N) is 1. The highest BCUT2D eigenvalue weighted by atomic mass is 16.6. The highest BCUT2D eigenvalue weighted by molar-refractivity contribution is 5.97. The van der Waals surface area contributed by atoms with Gasteiger partial charge in [-0.2, -0.15) is 5.21 Å². The number of aliphatic hydroxyl groups is 1. The third kappa shape index (κ3) is 12.4. The number of aliphatic hydroxyl groups excluding tert-OH is 1. The normalized spacial score (nSPS) is 13.9. The first kappa shape index (κ1) is 42.0. The summed E-state index contributed by atoms with van der Waals surface area (Å²) in [6.07, 6.45) is -1.99. The van der Waals surface area contributed by atoms with Crippen LogP contribution in [-0.2, 0) is 25.6 Å². The second-order valence-electron chi connectivity index (χ2n) is 13.0. The zero-order valence-corrected chi connectivity index (χ0v) is 29.7. The van der Waals surface area contributed by atoms with Crippen molar-refractivity contribution < 1.29 is 38.9 Å². The van der Waals surface area contributed by atoms with Crippen molar-refractivity contribution in [3.63, 3.8) is 0 Å². The molecule has 0 unspecified atom stereocenters. The fraction of sp³-hybridized carbons (Fsp3) is 0.438. The summed E-state index contributed by atoms with van der Waals surface area (Å²) in [5.74, 6) is -5.12. The maximum Gasteiger partial charge on any atom is 0.292 e. The standard InChI is InChI=1S/C32H42N12O10/c1-16(2)10-24(37-30(48)25(17(3)4)38-28(46)22(33)15-34-32(50)27-39-41-42-40-27)29(47)36-23(11-18-8-6-5-7-9-18)26(45)31(49)35-19-12-20(43(51)52)14-21(13-19)44(53)54/h5-9,12-14,16-17,22-26,45H,10-11,15,33H2,1-4H3,(H,34,50)(H,35,49)(H,36,47)(H,37,48)(H,38,46)(H,39,40,41,42)/t22-,23-,24-,25-,26+/m0/s1. The van der Waals surface area contributed by atoms with Crippen molar-refractivity contribution in [1.82, 2.24) is 41.9 Å². The largest absolute Gasteiger partial charge is 0.381 e. The van der Waals surface area contributed by atoms with Gasteiger partial charge in [-0.05, 0) is 35.5 Å². The van der Waals surface area contributed by atoms with Crippen molar-refractivity contribution in [2.75, 3.05) is 11.9 Å². The smallest absolute Gasteiger partial charge is 0.292 e. The van der Waals surface area contributed by atoms with Crippen LogP contribution in [0, 0.1) is 32.1 Å². The molecule has 1 aromatic heterocycles. The number of carbonyl (C=O) groups excluding carboxylic acids is 5. The zero-order chi connectivity index (χ0) is 40.1. The molecule has 5 amide bonds. The Kier molecular flexibility index (Phi) is 15.1. The minimum Gasteiger partial charge on any atom is -0.381 e. The molecule has 0 spiro atoms. The van der Waals surface area contributed by atoms with Crippen molar-refractivity contribution in [3.8, 4) is 0 Å². The monoisotopic (exact) mass is 754 g/mol. The van der Waals surface area contributed by atoms with E-state index in [2.05, 4.69) is 47.2 Å². The second kappa shape index (κ2) is 19.4. The molecule has 3 rings (SSSR count). The first-order valence-electron chi connectivity index (χ1n) is 16.6. The van der Waals surface area contributed by atoms with Gasteiger partial charge in [0.2, 0.25) is 17.7 Å². The molecule has 0 aliphatic heterocycles. The van der Waals surface area contributed by atoms with Crippen LogP contribution in [-0.4, -0.2) is 102 Å². The molecule has 9 N–H and O–H groups in total. The predicted octanol–water partition coefficient (Wildman–Crippen LogP) is -0.528. The van der Waals surface area contributed by atoms with Crippen LogP contribution in [0.2, 0.25) is 0 Å². The van der Waals surface area contributed by atoms with Gasteiger partial charge in [0.25, 0.3) is 29.0 Å². The number of H-pyrrole nitrogens is 1. The van der Waals surface area contributed by atoms with Crippen LogP contribution in [0.5, 0.6) is 0 Å². The van der Waals surface area contributed by atoms with Crippen molar-refractivity contribution in [2.45, 2.75) is 70.8 Å². The van der Waals surface area contributed by atoms with Gasteiger partial charge in [0, 0.05) is 18.7 Å². The molecule has 0 saturated carbocycles. The Hall–Kier alpha value is -6.42. The number of nitro benzene ring substituents is 2. The lowest BCUT2D eigenvalue weighted by molar-refractivity contribution is -0.394. The van der Waals surface area contributed by atoms with E-state index in [0.717, 1.165) is 12.1 Å². The number of nitrogens with zero attached hydrogens (tertiary/aromatic N) is 5. The average Bonchev–Trinajstić information content (AvgIpc) is 3.67. The third-order valence-corrected chi connectivity index (χ3v) is 7.82. The van der Waals surface area contributed by atoms with Gasteiger partial charge in [-0.25, -0.2) is 0 Å². The van der Waals surface area contributed by atoms with E-state index in [-0.39, 0.29) is 36.8 Å². The van der Waals surface area contributed by atoms with Gasteiger partial charge in [0.05, 0.1) is 27.6 Å². The van der Waals surface area contributed by atoms with Crippen LogP contribution in [0.3, 0.4) is 0 Å². The maximum atomic E-state index is 13.8. The minimum atomic E-state index is -1.99. The number of anilines is 1. The molecule has 0 fully saturated rings. The summed E-state index contributed by atoms with van der Waals surface area (Å²) < 4.78 is 0. The first-order valence-corrected chi connectivity index (χ1v) is 16.6. The Morgan fingerprint density at radius 1 is 0.870 bits per heavy atom. The molecule has 0 bridgehead atoms. The molecule has 22 nitrogen and oxygen atoms in total. The number of carbonyl (C=O) groups is 5. The van der Waals surface area contributed by atoms with E-state index < -0.39 is 86.9 Å². The average molecular weight is 755 g/mol. The number of aromatic nitrogens is 4. The molecule has 0 aliphatic rings. The number of hydrogen-bond acceptors (Lipinski definition) is 14. The lowest BCUT2D eigenvalue weighted by Crippen LogP contribution is -2.60. The fourth-order valence-corrected chi connectivity index (χ4v) is 5.06. The number of nitrogens with one attached hydrogen (secondary N) is 6. The Morgan fingerprint density at radius 3 is 2.04 bits per heavy atom. The maximum absolute atomic E-state index is 13.8. The minimum absolute atomic E-state index is 0.0928. The number of tetrazole rings is 1. The second-order valence-corrected chi connectivity index (χ2v) is 13.0. The number of amides is 5. The number of hydrogen-bond donors (Lipinski definition) is 8. The van der Waals surface area contributed by atoms with Gasteiger partial charge >= 0.3 is 0 Å². The van der Waals surface area contributed by atoms with E-state index in [9.17, 15) is 49.3 Å². The van der Waals surface area contributed by atoms with Crippen LogP contribution in [0.4, 0.5) is 17.1 Å². The number of rotatable bonds is 19. The highest BCUT2D eigenvalue weighted by Gasteiger charge is 2.34. The van der Waals surface area contributed by atoms with E-state index in [1.165, 1.54) is 0 Å². The number of nitro groups is 2. The summed E-state index contributed by atoms with van der Waals surface area (Å²) in [6.45, 7) is 6.54. The summed E-state index contributed by atoms with van der Waals surface area (Å²) in [7, 11) is 0. The van der Waals surface area contributed by atoms with E-state index >= 15 is 0 Å². The lowest BCUT2D eigenvalue weighted by atomic mass is 9.97. The van der Waals surface area contributed by atoms with Gasteiger partial charge in [0.1, 0.15) is 18.1 Å². The lowest BCUT2D eigenvalue weighted by Gasteiger charge is -2.29. The fourth-order valence-electron chi connectivity index (χ4n) is 5.06. The molecule has 0 aliphatic carbocycles. The van der Waals surface area contributed by atoms with Crippen LogP contribution in [0.25, 0.3) is 0 Å². The molecule has 2 aromatic carbocycles. The number of non-ortho nitro benzene ring substituents is 2. The molecular formula is C32H42N12O10. The van der Waals surface area contributed by atoms with Gasteiger partial charge in [-0.3, -0.25) is 44.2 Å². The van der Waals surface area contributed by atoms with E-state index in [1.54, 1.807) is 58.0 Å². The van der Waals surface area contributed by atoms with Crippen LogP contribution < -0.4 is 32.3 Å². The van der Waals surface area contributed by atoms with E-state index in [0.29, 0.717) is 11.6 Å². The highest BCUT2D eigenvalue weighted by Crippen LogP contribution is 2.26.